The average Bonchev–Trinajstić information content (AvgIpc) is 2.77. The largest absolute Gasteiger partial charge is 0.544 e. The van der Waals surface area contributed by atoms with Gasteiger partial charge in [-0.25, -0.2) is 0 Å². The minimum atomic E-state index is -0.800. The van der Waals surface area contributed by atoms with Gasteiger partial charge < -0.3 is 14.4 Å². The average molecular weight is 440 g/mol. The highest BCUT2D eigenvalue weighted by atomic mass is 16.4. The highest BCUT2D eigenvalue weighted by molar-refractivity contribution is 5.69. The maximum absolute atomic E-state index is 12.2. The molecule has 186 valence electrons. The highest BCUT2D eigenvalue weighted by Gasteiger charge is 2.36. The second kappa shape index (κ2) is 21.3. The fourth-order valence-corrected chi connectivity index (χ4v) is 5.02. The number of unbranched alkanes of at least 4 members (excludes halogenated alkanes) is 14. The molecule has 0 saturated carbocycles. The van der Waals surface area contributed by atoms with Crippen molar-refractivity contribution in [1.82, 2.24) is 0 Å². The molecule has 1 unspecified atom stereocenters. The summed E-state index contributed by atoms with van der Waals surface area (Å²) in [5, 5.41) is 12.2. The molecule has 0 fully saturated rings. The summed E-state index contributed by atoms with van der Waals surface area (Å²) >= 11 is 0. The Bertz CT molecular complexity index is 375. The van der Waals surface area contributed by atoms with E-state index in [2.05, 4.69) is 27.7 Å². The molecule has 0 spiro atoms. The number of rotatable bonds is 24. The molecule has 0 rings (SSSR count). The Morgan fingerprint density at radius 3 is 1.19 bits per heavy atom. The van der Waals surface area contributed by atoms with E-state index in [0.29, 0.717) is 0 Å². The predicted octanol–water partition coefficient (Wildman–Crippen LogP) is 7.41. The van der Waals surface area contributed by atoms with E-state index in [-0.39, 0.29) is 6.04 Å². The van der Waals surface area contributed by atoms with Gasteiger partial charge in [0.25, 0.3) is 0 Å². The first-order chi connectivity index (χ1) is 15.1. The Morgan fingerprint density at radius 2 is 0.871 bits per heavy atom. The van der Waals surface area contributed by atoms with Crippen LogP contribution >= 0.6 is 0 Å². The van der Waals surface area contributed by atoms with E-state index in [0.717, 1.165) is 75.5 Å². The van der Waals surface area contributed by atoms with Gasteiger partial charge in [0, 0.05) is 6.42 Å². The number of nitrogens with zero attached hydrogens (tertiary/aromatic N) is 1. The smallest absolute Gasteiger partial charge is 0.129 e. The van der Waals surface area contributed by atoms with E-state index in [4.69, 9.17) is 0 Å². The second-order valence-corrected chi connectivity index (χ2v) is 9.96. The molecule has 0 aromatic rings. The van der Waals surface area contributed by atoms with Crippen LogP contribution in [0, 0.1) is 0 Å². The van der Waals surface area contributed by atoms with E-state index < -0.39 is 5.97 Å². The zero-order valence-corrected chi connectivity index (χ0v) is 21.9. The van der Waals surface area contributed by atoms with Crippen molar-refractivity contribution in [3.8, 4) is 0 Å². The minimum absolute atomic E-state index is 0.312. The Hall–Kier alpha value is -0.570. The lowest BCUT2D eigenvalue weighted by Gasteiger charge is -2.46. The molecule has 0 aliphatic heterocycles. The molecule has 3 heteroatoms. The van der Waals surface area contributed by atoms with Crippen LogP contribution in [0.3, 0.4) is 0 Å². The number of aliphatic carboxylic acids is 1. The third-order valence-corrected chi connectivity index (χ3v) is 7.14. The molecule has 3 nitrogen and oxygen atoms in total. The fraction of sp³-hybridized carbons (Fsp3) is 0.964. The topological polar surface area (TPSA) is 40.1 Å². The van der Waals surface area contributed by atoms with E-state index >= 15 is 0 Å². The number of hydrogen-bond donors (Lipinski definition) is 0. The Kier molecular flexibility index (Phi) is 20.9. The SMILES string of the molecule is CCCCCCCCCCCCCCC(C(=O)[O-])[N+](CCCC)(CCCC)CCCC. The van der Waals surface area contributed by atoms with Gasteiger partial charge in [0.15, 0.2) is 0 Å². The molecule has 0 amide bonds. The highest BCUT2D eigenvalue weighted by Crippen LogP contribution is 2.24. The van der Waals surface area contributed by atoms with Crippen molar-refractivity contribution in [1.29, 1.82) is 0 Å². The lowest BCUT2D eigenvalue weighted by molar-refractivity contribution is -0.946. The molecule has 0 aliphatic carbocycles. The lowest BCUT2D eigenvalue weighted by atomic mass is 9.99. The molecule has 0 heterocycles. The van der Waals surface area contributed by atoms with Crippen LogP contribution in [0.2, 0.25) is 0 Å². The van der Waals surface area contributed by atoms with E-state index in [1.807, 2.05) is 0 Å². The van der Waals surface area contributed by atoms with Gasteiger partial charge in [-0.1, -0.05) is 118 Å². The summed E-state index contributed by atoms with van der Waals surface area (Å²) in [6.45, 7) is 11.9. The molecule has 1 atom stereocenters. The number of hydrogen-bond acceptors (Lipinski definition) is 2. The standard InChI is InChI=1S/C28H57NO2/c1-5-9-13-14-15-16-17-18-19-20-21-22-23-27(28(30)31)29(24-10-6-2,25-11-7-3)26-12-8-4/h27H,5-26H2,1-4H3. The van der Waals surface area contributed by atoms with Crippen LogP contribution in [0.1, 0.15) is 150 Å². The van der Waals surface area contributed by atoms with Crippen molar-refractivity contribution in [3.05, 3.63) is 0 Å². The van der Waals surface area contributed by atoms with E-state index in [9.17, 15) is 9.90 Å². The van der Waals surface area contributed by atoms with Crippen LogP contribution in [0.4, 0.5) is 0 Å². The van der Waals surface area contributed by atoms with Gasteiger partial charge in [0.05, 0.1) is 25.6 Å². The molecule has 0 aromatic carbocycles. The zero-order chi connectivity index (χ0) is 23.2. The summed E-state index contributed by atoms with van der Waals surface area (Å²) in [5.74, 6) is -0.800. The molecule has 31 heavy (non-hydrogen) atoms. The van der Waals surface area contributed by atoms with E-state index in [1.54, 1.807) is 0 Å². The van der Waals surface area contributed by atoms with E-state index in [1.165, 1.54) is 70.6 Å². The fourth-order valence-electron chi connectivity index (χ4n) is 5.02. The molecule has 0 bridgehead atoms. The van der Waals surface area contributed by atoms with Crippen LogP contribution in [-0.4, -0.2) is 36.1 Å². The summed E-state index contributed by atoms with van der Waals surface area (Å²) in [5.41, 5.74) is 0. The third kappa shape index (κ3) is 15.0. The summed E-state index contributed by atoms with van der Waals surface area (Å²) in [6.07, 6.45) is 23.4. The predicted molar refractivity (Wildman–Crippen MR) is 134 cm³/mol. The van der Waals surface area contributed by atoms with Gasteiger partial charge in [-0.2, -0.15) is 0 Å². The Balaban J connectivity index is 4.43. The summed E-state index contributed by atoms with van der Waals surface area (Å²) in [7, 11) is 0. The Labute approximate surface area is 196 Å². The van der Waals surface area contributed by atoms with Crippen LogP contribution in [-0.2, 0) is 4.79 Å². The van der Waals surface area contributed by atoms with Crippen molar-refractivity contribution in [2.24, 2.45) is 0 Å². The monoisotopic (exact) mass is 439 g/mol. The molecule has 0 aromatic heterocycles. The van der Waals surface area contributed by atoms with Gasteiger partial charge in [0.2, 0.25) is 0 Å². The molecular formula is C28H57NO2. The van der Waals surface area contributed by atoms with Crippen LogP contribution in [0.25, 0.3) is 0 Å². The first kappa shape index (κ1) is 30.4. The molecule has 0 radical (unpaired) electrons. The maximum atomic E-state index is 12.2. The van der Waals surface area contributed by atoms with Gasteiger partial charge in [-0.05, 0) is 25.7 Å². The number of quaternary nitrogens is 1. The van der Waals surface area contributed by atoms with Gasteiger partial charge in [-0.15, -0.1) is 0 Å². The lowest BCUT2D eigenvalue weighted by Crippen LogP contribution is -2.63. The maximum Gasteiger partial charge on any atom is 0.129 e. The number of carbonyl (C=O) groups excluding carboxylic acids is 1. The van der Waals surface area contributed by atoms with Crippen LogP contribution in [0.15, 0.2) is 0 Å². The van der Waals surface area contributed by atoms with Crippen molar-refractivity contribution in [3.63, 3.8) is 0 Å². The minimum Gasteiger partial charge on any atom is -0.544 e. The van der Waals surface area contributed by atoms with Crippen LogP contribution < -0.4 is 5.11 Å². The van der Waals surface area contributed by atoms with Crippen molar-refractivity contribution in [2.45, 2.75) is 156 Å². The molecule has 0 saturated heterocycles. The quantitative estimate of drug-likeness (QED) is 0.116. The summed E-state index contributed by atoms with van der Waals surface area (Å²) in [4.78, 5) is 12.2. The van der Waals surface area contributed by atoms with Gasteiger partial charge in [0.1, 0.15) is 6.04 Å². The van der Waals surface area contributed by atoms with Crippen LogP contribution in [0.5, 0.6) is 0 Å². The van der Waals surface area contributed by atoms with Gasteiger partial charge >= 0.3 is 0 Å². The first-order valence-electron chi connectivity index (χ1n) is 14.1. The van der Waals surface area contributed by atoms with Gasteiger partial charge in [-0.3, -0.25) is 0 Å². The van der Waals surface area contributed by atoms with Crippen molar-refractivity contribution < 1.29 is 14.4 Å². The zero-order valence-electron chi connectivity index (χ0n) is 21.9. The van der Waals surface area contributed by atoms with Crippen molar-refractivity contribution in [2.75, 3.05) is 19.6 Å². The molecule has 0 aliphatic rings. The first-order valence-corrected chi connectivity index (χ1v) is 14.1. The number of carboxylic acid groups (broad SMARTS) is 1. The summed E-state index contributed by atoms with van der Waals surface area (Å²) in [6, 6.07) is -0.312. The van der Waals surface area contributed by atoms with Crippen molar-refractivity contribution >= 4 is 5.97 Å². The second-order valence-electron chi connectivity index (χ2n) is 9.96. The third-order valence-electron chi connectivity index (χ3n) is 7.14. The Morgan fingerprint density at radius 1 is 0.548 bits per heavy atom. The molecular weight excluding hydrogens is 382 g/mol. The molecule has 0 N–H and O–H groups in total. The number of carboxylic acids is 1. The normalized spacial score (nSPS) is 12.9. The number of carbonyl (C=O) groups is 1. The summed E-state index contributed by atoms with van der Waals surface area (Å²) < 4.78 is 0.774.